The van der Waals surface area contributed by atoms with E-state index >= 15 is 0 Å². The maximum atomic E-state index is 12.1. The molecule has 0 saturated carbocycles. The average Bonchev–Trinajstić information content (AvgIpc) is 2.63. The van der Waals surface area contributed by atoms with Crippen molar-refractivity contribution < 1.29 is 14.4 Å². The van der Waals surface area contributed by atoms with Crippen molar-refractivity contribution in [3.8, 4) is 5.75 Å². The van der Waals surface area contributed by atoms with E-state index in [1.54, 1.807) is 36.2 Å². The van der Waals surface area contributed by atoms with Crippen LogP contribution >= 0.6 is 11.6 Å². The number of benzene rings is 2. The molecular formula is C19H22ClN3O3. The summed E-state index contributed by atoms with van der Waals surface area (Å²) < 4.78 is 5.40. The third kappa shape index (κ3) is 5.97. The van der Waals surface area contributed by atoms with Gasteiger partial charge in [0.05, 0.1) is 6.61 Å². The fourth-order valence-corrected chi connectivity index (χ4v) is 2.38. The topological polar surface area (TPSA) is 77.1 Å². The monoisotopic (exact) mass is 375 g/mol. The second kappa shape index (κ2) is 9.68. The number of oxime groups is 1. The molecule has 2 rings (SSSR count). The van der Waals surface area contributed by atoms with E-state index in [-0.39, 0.29) is 18.3 Å². The molecule has 1 amide bonds. The Morgan fingerprint density at radius 1 is 1.23 bits per heavy atom. The van der Waals surface area contributed by atoms with Crippen molar-refractivity contribution in [2.75, 3.05) is 20.3 Å². The molecule has 0 saturated heterocycles. The fraction of sp³-hybridized carbons (Fsp3) is 0.263. The summed E-state index contributed by atoms with van der Waals surface area (Å²) >= 11 is 5.90. The smallest absolute Gasteiger partial charge is 0.263 e. The van der Waals surface area contributed by atoms with Crippen LogP contribution in [0.15, 0.2) is 53.7 Å². The maximum Gasteiger partial charge on any atom is 0.263 e. The Hall–Kier alpha value is -2.73. The fourth-order valence-electron chi connectivity index (χ4n) is 2.19. The minimum absolute atomic E-state index is 0.162. The second-order valence-corrected chi connectivity index (χ2v) is 6.02. The zero-order chi connectivity index (χ0) is 18.9. The van der Waals surface area contributed by atoms with Crippen LogP contribution in [0.4, 0.5) is 0 Å². The Balaban J connectivity index is 1.84. The lowest BCUT2D eigenvalue weighted by atomic mass is 10.2. The molecule has 0 aromatic heterocycles. The van der Waals surface area contributed by atoms with Crippen LogP contribution in [-0.4, -0.2) is 36.9 Å². The molecule has 0 fully saturated rings. The Morgan fingerprint density at radius 3 is 2.62 bits per heavy atom. The summed E-state index contributed by atoms with van der Waals surface area (Å²) in [4.78, 5) is 18.8. The number of nitrogens with zero attached hydrogens (tertiary/aromatic N) is 2. The Kier molecular flexibility index (Phi) is 7.29. The Bertz CT molecular complexity index is 763. The number of carbonyl (C=O) groups excluding carboxylic acids is 1. The van der Waals surface area contributed by atoms with E-state index in [1.807, 2.05) is 31.2 Å². The van der Waals surface area contributed by atoms with Gasteiger partial charge in [0.15, 0.2) is 12.4 Å². The number of amides is 1. The predicted octanol–water partition coefficient (Wildman–Crippen LogP) is 3.03. The van der Waals surface area contributed by atoms with Gasteiger partial charge in [-0.2, -0.15) is 0 Å². The molecule has 0 bridgehead atoms. The Labute approximate surface area is 158 Å². The molecule has 0 radical (unpaired) electrons. The molecule has 2 aromatic carbocycles. The van der Waals surface area contributed by atoms with E-state index in [1.165, 1.54) is 0 Å². The van der Waals surface area contributed by atoms with Crippen molar-refractivity contribution in [1.82, 2.24) is 4.90 Å². The first-order valence-corrected chi connectivity index (χ1v) is 8.54. The summed E-state index contributed by atoms with van der Waals surface area (Å²) in [6.07, 6.45) is 0. The molecule has 0 aliphatic carbocycles. The largest absolute Gasteiger partial charge is 0.494 e. The SMILES string of the molecule is CCOc1ccc(CN(C)C(=O)CO/N=C(/N)c2cccc(Cl)c2)cc1. The number of nitrogens with two attached hydrogens (primary N) is 1. The minimum atomic E-state index is -0.207. The van der Waals surface area contributed by atoms with Crippen LogP contribution in [0.2, 0.25) is 5.02 Å². The summed E-state index contributed by atoms with van der Waals surface area (Å²) in [5.41, 5.74) is 7.44. The van der Waals surface area contributed by atoms with E-state index in [9.17, 15) is 4.79 Å². The van der Waals surface area contributed by atoms with Crippen molar-refractivity contribution >= 4 is 23.3 Å². The highest BCUT2D eigenvalue weighted by molar-refractivity contribution is 6.31. The third-order valence-electron chi connectivity index (χ3n) is 3.55. The van der Waals surface area contributed by atoms with Crippen LogP contribution in [0.5, 0.6) is 5.75 Å². The van der Waals surface area contributed by atoms with Gasteiger partial charge in [0.2, 0.25) is 0 Å². The van der Waals surface area contributed by atoms with Crippen LogP contribution < -0.4 is 10.5 Å². The van der Waals surface area contributed by atoms with Crippen LogP contribution in [0, 0.1) is 0 Å². The van der Waals surface area contributed by atoms with Gasteiger partial charge in [-0.3, -0.25) is 4.79 Å². The molecule has 2 aromatic rings. The molecule has 0 aliphatic rings. The first kappa shape index (κ1) is 19.6. The molecule has 7 heteroatoms. The molecule has 0 unspecified atom stereocenters. The summed E-state index contributed by atoms with van der Waals surface area (Å²) in [5, 5.41) is 4.32. The summed E-state index contributed by atoms with van der Waals surface area (Å²) in [7, 11) is 1.70. The van der Waals surface area contributed by atoms with Gasteiger partial charge >= 0.3 is 0 Å². The normalized spacial score (nSPS) is 11.1. The van der Waals surface area contributed by atoms with Gasteiger partial charge in [-0.25, -0.2) is 0 Å². The first-order valence-electron chi connectivity index (χ1n) is 8.16. The molecule has 0 atom stereocenters. The molecule has 2 N–H and O–H groups in total. The van der Waals surface area contributed by atoms with Crippen LogP contribution in [0.3, 0.4) is 0 Å². The highest BCUT2D eigenvalue weighted by Gasteiger charge is 2.10. The number of carbonyl (C=O) groups is 1. The number of likely N-dealkylation sites (N-methyl/N-ethyl adjacent to an activating group) is 1. The number of hydrogen-bond acceptors (Lipinski definition) is 4. The van der Waals surface area contributed by atoms with E-state index in [0.29, 0.717) is 23.7 Å². The zero-order valence-corrected chi connectivity index (χ0v) is 15.6. The number of amidine groups is 1. The van der Waals surface area contributed by atoms with E-state index in [4.69, 9.17) is 26.9 Å². The van der Waals surface area contributed by atoms with Gasteiger partial charge in [0, 0.05) is 24.2 Å². The zero-order valence-electron chi connectivity index (χ0n) is 14.8. The quantitative estimate of drug-likeness (QED) is 0.437. The van der Waals surface area contributed by atoms with Crippen molar-refractivity contribution in [2.24, 2.45) is 10.9 Å². The number of rotatable bonds is 8. The lowest BCUT2D eigenvalue weighted by Gasteiger charge is -2.16. The standard InChI is InChI=1S/C19H22ClN3O3/c1-3-25-17-9-7-14(8-10-17)12-23(2)18(24)13-26-22-19(21)15-5-4-6-16(20)11-15/h4-11H,3,12-13H2,1-2H3,(H2,21,22). The molecular weight excluding hydrogens is 354 g/mol. The average molecular weight is 376 g/mol. The first-order chi connectivity index (χ1) is 12.5. The predicted molar refractivity (Wildman–Crippen MR) is 102 cm³/mol. The van der Waals surface area contributed by atoms with Gasteiger partial charge in [-0.05, 0) is 36.8 Å². The molecule has 0 spiro atoms. The highest BCUT2D eigenvalue weighted by Crippen LogP contribution is 2.13. The van der Waals surface area contributed by atoms with Gasteiger partial charge in [0.25, 0.3) is 5.91 Å². The third-order valence-corrected chi connectivity index (χ3v) is 3.79. The lowest BCUT2D eigenvalue weighted by Crippen LogP contribution is -2.29. The number of halogens is 1. The van der Waals surface area contributed by atoms with E-state index in [0.717, 1.165) is 11.3 Å². The van der Waals surface area contributed by atoms with Crippen LogP contribution in [0.25, 0.3) is 0 Å². The van der Waals surface area contributed by atoms with Crippen LogP contribution in [0.1, 0.15) is 18.1 Å². The van der Waals surface area contributed by atoms with Crippen LogP contribution in [-0.2, 0) is 16.2 Å². The van der Waals surface area contributed by atoms with E-state index < -0.39 is 0 Å². The number of ether oxygens (including phenoxy) is 1. The minimum Gasteiger partial charge on any atom is -0.494 e. The maximum absolute atomic E-state index is 12.1. The second-order valence-electron chi connectivity index (χ2n) is 5.59. The van der Waals surface area contributed by atoms with Crippen molar-refractivity contribution in [2.45, 2.75) is 13.5 Å². The molecule has 0 heterocycles. The molecule has 6 nitrogen and oxygen atoms in total. The van der Waals surface area contributed by atoms with Gasteiger partial charge < -0.3 is 20.2 Å². The van der Waals surface area contributed by atoms with E-state index in [2.05, 4.69) is 5.16 Å². The molecule has 26 heavy (non-hydrogen) atoms. The number of hydrogen-bond donors (Lipinski definition) is 1. The summed E-state index contributed by atoms with van der Waals surface area (Å²) in [5.74, 6) is 0.760. The lowest BCUT2D eigenvalue weighted by molar-refractivity contribution is -0.135. The summed E-state index contributed by atoms with van der Waals surface area (Å²) in [6.45, 7) is 2.81. The van der Waals surface area contributed by atoms with Crippen molar-refractivity contribution in [1.29, 1.82) is 0 Å². The highest BCUT2D eigenvalue weighted by atomic mass is 35.5. The van der Waals surface area contributed by atoms with Gasteiger partial charge in [0.1, 0.15) is 5.75 Å². The summed E-state index contributed by atoms with van der Waals surface area (Å²) in [6, 6.07) is 14.5. The van der Waals surface area contributed by atoms with Crippen molar-refractivity contribution in [3.63, 3.8) is 0 Å². The molecule has 138 valence electrons. The Morgan fingerprint density at radius 2 is 1.96 bits per heavy atom. The van der Waals surface area contributed by atoms with Gasteiger partial charge in [-0.1, -0.05) is 41.0 Å². The molecule has 0 aliphatic heterocycles. The van der Waals surface area contributed by atoms with Crippen molar-refractivity contribution in [3.05, 3.63) is 64.7 Å². The van der Waals surface area contributed by atoms with Gasteiger partial charge in [-0.15, -0.1) is 0 Å².